The number of rotatable bonds is 2. The second kappa shape index (κ2) is 3.31. The lowest BCUT2D eigenvalue weighted by atomic mass is 10.0. The second-order valence-corrected chi connectivity index (χ2v) is 3.41. The largest absolute Gasteiger partial charge is 0.447 e. The van der Waals surface area contributed by atoms with E-state index in [9.17, 15) is 4.79 Å². The molecular weight excluding hydrogens is 158 g/mol. The molecule has 0 aliphatic carbocycles. The molecule has 2 unspecified atom stereocenters. The molecule has 2 fully saturated rings. The molecule has 2 aliphatic heterocycles. The van der Waals surface area contributed by atoms with E-state index in [1.807, 2.05) is 0 Å². The Morgan fingerprint density at radius 3 is 3.00 bits per heavy atom. The Kier molecular flexibility index (Phi) is 2.17. The van der Waals surface area contributed by atoms with Crippen LogP contribution in [0.3, 0.4) is 0 Å². The van der Waals surface area contributed by atoms with Gasteiger partial charge in [-0.25, -0.2) is 4.79 Å². The molecule has 2 saturated heterocycles. The van der Waals surface area contributed by atoms with Crippen LogP contribution in [0, 0.1) is 5.92 Å². The highest BCUT2D eigenvalue weighted by molar-refractivity contribution is 5.69. The topological polar surface area (TPSA) is 47.6 Å². The molecule has 2 atom stereocenters. The number of carbonyl (C=O) groups is 1. The van der Waals surface area contributed by atoms with Gasteiger partial charge in [0.1, 0.15) is 6.61 Å². The van der Waals surface area contributed by atoms with E-state index >= 15 is 0 Å². The Balaban J connectivity index is 1.75. The zero-order valence-electron chi connectivity index (χ0n) is 6.91. The van der Waals surface area contributed by atoms with E-state index in [1.165, 1.54) is 0 Å². The minimum absolute atomic E-state index is 0.212. The average molecular weight is 171 g/mol. The molecule has 4 heteroatoms. The molecule has 0 aromatic heterocycles. The summed E-state index contributed by atoms with van der Waals surface area (Å²) in [6.45, 7) is 2.23. The van der Waals surface area contributed by atoms with Crippen LogP contribution in [0.5, 0.6) is 0 Å². The number of ether oxygens (including phenoxy) is 2. The van der Waals surface area contributed by atoms with Crippen molar-refractivity contribution in [1.29, 1.82) is 0 Å². The van der Waals surface area contributed by atoms with Crippen molar-refractivity contribution >= 4 is 6.09 Å². The van der Waals surface area contributed by atoms with Gasteiger partial charge < -0.3 is 14.8 Å². The van der Waals surface area contributed by atoms with Gasteiger partial charge in [0.05, 0.1) is 6.04 Å². The first-order valence-electron chi connectivity index (χ1n) is 4.35. The van der Waals surface area contributed by atoms with Crippen LogP contribution in [0.25, 0.3) is 0 Å². The van der Waals surface area contributed by atoms with Gasteiger partial charge in [-0.15, -0.1) is 0 Å². The normalized spacial score (nSPS) is 34.8. The van der Waals surface area contributed by atoms with Gasteiger partial charge >= 0.3 is 6.09 Å². The van der Waals surface area contributed by atoms with Crippen molar-refractivity contribution in [2.75, 3.05) is 19.8 Å². The maximum Gasteiger partial charge on any atom is 0.407 e. The summed E-state index contributed by atoms with van der Waals surface area (Å²) in [4.78, 5) is 10.7. The van der Waals surface area contributed by atoms with E-state index in [-0.39, 0.29) is 12.1 Å². The van der Waals surface area contributed by atoms with Gasteiger partial charge in [0.15, 0.2) is 0 Å². The molecule has 4 nitrogen and oxygen atoms in total. The fraction of sp³-hybridized carbons (Fsp3) is 0.875. The van der Waals surface area contributed by atoms with Crippen LogP contribution >= 0.6 is 0 Å². The highest BCUT2D eigenvalue weighted by atomic mass is 16.6. The van der Waals surface area contributed by atoms with Crippen LogP contribution < -0.4 is 5.32 Å². The van der Waals surface area contributed by atoms with E-state index in [0.29, 0.717) is 12.5 Å². The Hall–Kier alpha value is -0.770. The third kappa shape index (κ3) is 1.69. The lowest BCUT2D eigenvalue weighted by Gasteiger charge is -2.11. The molecule has 0 spiro atoms. The Morgan fingerprint density at radius 2 is 2.42 bits per heavy atom. The maximum absolute atomic E-state index is 10.7. The fourth-order valence-corrected chi connectivity index (χ4v) is 1.72. The summed E-state index contributed by atoms with van der Waals surface area (Å²) < 4.78 is 10.0. The highest BCUT2D eigenvalue weighted by Crippen LogP contribution is 2.19. The van der Waals surface area contributed by atoms with E-state index in [0.717, 1.165) is 26.1 Å². The number of hydrogen-bond acceptors (Lipinski definition) is 3. The van der Waals surface area contributed by atoms with Gasteiger partial charge in [-0.1, -0.05) is 0 Å². The summed E-state index contributed by atoms with van der Waals surface area (Å²) in [6.07, 6.45) is 1.83. The molecule has 0 aromatic rings. The minimum atomic E-state index is -0.279. The maximum atomic E-state index is 10.7. The zero-order valence-corrected chi connectivity index (χ0v) is 6.91. The van der Waals surface area contributed by atoms with Crippen molar-refractivity contribution in [1.82, 2.24) is 5.32 Å². The molecule has 2 heterocycles. The van der Waals surface area contributed by atoms with Crippen LogP contribution in [0.15, 0.2) is 0 Å². The van der Waals surface area contributed by atoms with Crippen molar-refractivity contribution in [3.63, 3.8) is 0 Å². The van der Waals surface area contributed by atoms with E-state index in [1.54, 1.807) is 0 Å². The highest BCUT2D eigenvalue weighted by Gasteiger charge is 2.26. The van der Waals surface area contributed by atoms with Crippen LogP contribution in [0.2, 0.25) is 0 Å². The molecule has 1 N–H and O–H groups in total. The van der Waals surface area contributed by atoms with Crippen molar-refractivity contribution in [2.24, 2.45) is 5.92 Å². The molecule has 0 bridgehead atoms. The summed E-state index contributed by atoms with van der Waals surface area (Å²) in [5.74, 6) is 0.608. The van der Waals surface area contributed by atoms with Crippen molar-refractivity contribution < 1.29 is 14.3 Å². The molecule has 1 amide bonds. The Bertz CT molecular complexity index is 177. The standard InChI is InChI=1S/C8H13NO3/c10-8-9-7(5-12-8)3-6-1-2-11-4-6/h6-7H,1-5H2,(H,9,10). The van der Waals surface area contributed by atoms with Gasteiger partial charge in [-0.3, -0.25) is 0 Å². The van der Waals surface area contributed by atoms with Gasteiger partial charge in [0.2, 0.25) is 0 Å². The third-order valence-electron chi connectivity index (χ3n) is 2.38. The summed E-state index contributed by atoms with van der Waals surface area (Å²) in [6, 6.07) is 0.212. The predicted octanol–water partition coefficient (Wildman–Crippen LogP) is 0.521. The van der Waals surface area contributed by atoms with Crippen molar-refractivity contribution in [3.8, 4) is 0 Å². The molecule has 0 aromatic carbocycles. The van der Waals surface area contributed by atoms with Crippen LogP contribution in [0.1, 0.15) is 12.8 Å². The van der Waals surface area contributed by atoms with Gasteiger partial charge in [-0.2, -0.15) is 0 Å². The number of cyclic esters (lactones) is 1. The van der Waals surface area contributed by atoms with E-state index in [2.05, 4.69) is 5.32 Å². The Morgan fingerprint density at radius 1 is 1.50 bits per heavy atom. The summed E-state index contributed by atoms with van der Waals surface area (Å²) in [5.41, 5.74) is 0. The lowest BCUT2D eigenvalue weighted by Crippen LogP contribution is -2.28. The predicted molar refractivity (Wildman–Crippen MR) is 41.8 cm³/mol. The number of carbonyl (C=O) groups excluding carboxylic acids is 1. The quantitative estimate of drug-likeness (QED) is 0.659. The fourth-order valence-electron chi connectivity index (χ4n) is 1.72. The van der Waals surface area contributed by atoms with Gasteiger partial charge in [0, 0.05) is 13.2 Å². The van der Waals surface area contributed by atoms with E-state index in [4.69, 9.17) is 9.47 Å². The average Bonchev–Trinajstić information content (AvgIpc) is 2.63. The number of hydrogen-bond donors (Lipinski definition) is 1. The smallest absolute Gasteiger partial charge is 0.407 e. The molecule has 2 rings (SSSR count). The molecule has 12 heavy (non-hydrogen) atoms. The van der Waals surface area contributed by atoms with Gasteiger partial charge in [-0.05, 0) is 18.8 Å². The Labute approximate surface area is 71.2 Å². The number of nitrogens with one attached hydrogen (secondary N) is 1. The second-order valence-electron chi connectivity index (χ2n) is 3.41. The van der Waals surface area contributed by atoms with Gasteiger partial charge in [0.25, 0.3) is 0 Å². The third-order valence-corrected chi connectivity index (χ3v) is 2.38. The lowest BCUT2D eigenvalue weighted by molar-refractivity contribution is 0.173. The summed E-state index contributed by atoms with van der Waals surface area (Å²) >= 11 is 0. The zero-order chi connectivity index (χ0) is 8.39. The van der Waals surface area contributed by atoms with Crippen LogP contribution in [0.4, 0.5) is 4.79 Å². The molecule has 0 saturated carbocycles. The van der Waals surface area contributed by atoms with Crippen molar-refractivity contribution in [3.05, 3.63) is 0 Å². The van der Waals surface area contributed by atoms with E-state index < -0.39 is 0 Å². The number of alkyl carbamates (subject to hydrolysis) is 1. The van der Waals surface area contributed by atoms with Crippen molar-refractivity contribution in [2.45, 2.75) is 18.9 Å². The summed E-state index contributed by atoms with van der Waals surface area (Å²) in [5, 5.41) is 2.76. The number of amides is 1. The summed E-state index contributed by atoms with van der Waals surface area (Å²) in [7, 11) is 0. The first-order chi connectivity index (χ1) is 5.84. The van der Waals surface area contributed by atoms with Crippen LogP contribution in [-0.2, 0) is 9.47 Å². The molecule has 68 valence electrons. The monoisotopic (exact) mass is 171 g/mol. The first-order valence-corrected chi connectivity index (χ1v) is 4.35. The minimum Gasteiger partial charge on any atom is -0.447 e. The first kappa shape index (κ1) is 7.86. The SMILES string of the molecule is O=C1NC(CC2CCOC2)CO1. The molecule has 0 radical (unpaired) electrons. The molecular formula is C8H13NO3. The molecule has 2 aliphatic rings. The van der Waals surface area contributed by atoms with Crippen LogP contribution in [-0.4, -0.2) is 32.0 Å².